The first-order chi connectivity index (χ1) is 7.65. The van der Waals surface area contributed by atoms with E-state index in [0.717, 1.165) is 26.2 Å². The van der Waals surface area contributed by atoms with Gasteiger partial charge < -0.3 is 15.4 Å². The van der Waals surface area contributed by atoms with Crippen molar-refractivity contribution in [3.05, 3.63) is 0 Å². The van der Waals surface area contributed by atoms with E-state index in [2.05, 4.69) is 23.1 Å². The highest BCUT2D eigenvalue weighted by molar-refractivity contribution is 8.00. The molecule has 4 nitrogen and oxygen atoms in total. The highest BCUT2D eigenvalue weighted by Gasteiger charge is 2.41. The van der Waals surface area contributed by atoms with Crippen LogP contribution in [0.15, 0.2) is 4.99 Å². The second-order valence-electron chi connectivity index (χ2n) is 4.69. The fraction of sp³-hybridized carbons (Fsp3) is 0.909. The molecule has 1 unspecified atom stereocenters. The van der Waals surface area contributed by atoms with Crippen molar-refractivity contribution in [1.29, 1.82) is 0 Å². The zero-order valence-corrected chi connectivity index (χ0v) is 10.9. The number of aliphatic imine (C=N–C) groups is 1. The van der Waals surface area contributed by atoms with Crippen molar-refractivity contribution in [2.75, 3.05) is 32.5 Å². The normalized spacial score (nSPS) is 29.2. The first-order valence-electron chi connectivity index (χ1n) is 5.87. The number of rotatable bonds is 3. The summed E-state index contributed by atoms with van der Waals surface area (Å²) in [7, 11) is 0. The van der Waals surface area contributed by atoms with Gasteiger partial charge in [-0.15, -0.1) is 0 Å². The van der Waals surface area contributed by atoms with E-state index in [1.807, 2.05) is 11.8 Å². The van der Waals surface area contributed by atoms with Gasteiger partial charge in [-0.3, -0.25) is 4.99 Å². The lowest BCUT2D eigenvalue weighted by atomic mass is 10.3. The summed E-state index contributed by atoms with van der Waals surface area (Å²) in [5, 5.41) is 0. The highest BCUT2D eigenvalue weighted by Crippen LogP contribution is 2.47. The van der Waals surface area contributed by atoms with Crippen LogP contribution in [-0.2, 0) is 4.74 Å². The molecule has 0 aromatic rings. The lowest BCUT2D eigenvalue weighted by molar-refractivity contribution is 0.00530. The molecule has 1 aliphatic carbocycles. The minimum absolute atomic E-state index is 0.262. The standard InChI is InChI=1S/C11H21N3OS/c1-9-7-14(5-6-15-9)10(12)13-8-11(16-2)3-4-11/h9H,3-8H2,1-2H3,(H2,12,13). The first-order valence-corrected chi connectivity index (χ1v) is 7.09. The smallest absolute Gasteiger partial charge is 0.191 e. The number of hydrogen-bond donors (Lipinski definition) is 1. The van der Waals surface area contributed by atoms with Gasteiger partial charge in [-0.25, -0.2) is 0 Å². The fourth-order valence-corrected chi connectivity index (χ4v) is 2.62. The van der Waals surface area contributed by atoms with E-state index in [0.29, 0.717) is 10.7 Å². The third-order valence-corrected chi connectivity index (χ3v) is 4.74. The molecule has 2 N–H and O–H groups in total. The maximum absolute atomic E-state index is 6.01. The Kier molecular flexibility index (Phi) is 3.64. The van der Waals surface area contributed by atoms with Crippen molar-refractivity contribution < 1.29 is 4.74 Å². The Hall–Kier alpha value is -0.420. The summed E-state index contributed by atoms with van der Waals surface area (Å²) in [6, 6.07) is 0. The molecule has 1 heterocycles. The van der Waals surface area contributed by atoms with E-state index in [1.165, 1.54) is 12.8 Å². The molecule has 1 atom stereocenters. The molecule has 0 bridgehead atoms. The van der Waals surface area contributed by atoms with Gasteiger partial charge in [0.2, 0.25) is 0 Å². The summed E-state index contributed by atoms with van der Waals surface area (Å²) in [6.45, 7) is 5.42. The molecule has 0 radical (unpaired) electrons. The summed E-state index contributed by atoms with van der Waals surface area (Å²) >= 11 is 1.92. The van der Waals surface area contributed by atoms with Gasteiger partial charge in [0, 0.05) is 17.8 Å². The summed E-state index contributed by atoms with van der Waals surface area (Å²) in [5.74, 6) is 0.690. The van der Waals surface area contributed by atoms with Gasteiger partial charge in [-0.05, 0) is 26.0 Å². The van der Waals surface area contributed by atoms with Crippen LogP contribution in [0, 0.1) is 0 Å². The number of morpholine rings is 1. The van der Waals surface area contributed by atoms with Crippen molar-refractivity contribution >= 4 is 17.7 Å². The monoisotopic (exact) mass is 243 g/mol. The lowest BCUT2D eigenvalue weighted by Gasteiger charge is -2.32. The van der Waals surface area contributed by atoms with Crippen LogP contribution in [0.5, 0.6) is 0 Å². The maximum atomic E-state index is 6.01. The van der Waals surface area contributed by atoms with Crippen LogP contribution in [-0.4, -0.2) is 54.2 Å². The third kappa shape index (κ3) is 2.83. The van der Waals surface area contributed by atoms with Crippen molar-refractivity contribution in [3.8, 4) is 0 Å². The van der Waals surface area contributed by atoms with Gasteiger partial charge in [0.25, 0.3) is 0 Å². The predicted molar refractivity (Wildman–Crippen MR) is 69.0 cm³/mol. The second-order valence-corrected chi connectivity index (χ2v) is 5.96. The predicted octanol–water partition coefficient (Wildman–Crippen LogP) is 0.917. The molecule has 0 aromatic carbocycles. The zero-order valence-electron chi connectivity index (χ0n) is 10.1. The first kappa shape index (κ1) is 12.0. The van der Waals surface area contributed by atoms with Crippen LogP contribution in [0.1, 0.15) is 19.8 Å². The van der Waals surface area contributed by atoms with Crippen molar-refractivity contribution in [3.63, 3.8) is 0 Å². The second kappa shape index (κ2) is 4.84. The van der Waals surface area contributed by atoms with Gasteiger partial charge in [-0.1, -0.05) is 0 Å². The summed E-state index contributed by atoms with van der Waals surface area (Å²) in [5.41, 5.74) is 6.01. The van der Waals surface area contributed by atoms with E-state index in [1.54, 1.807) is 0 Å². The van der Waals surface area contributed by atoms with Crippen LogP contribution >= 0.6 is 11.8 Å². The molecule has 2 fully saturated rings. The van der Waals surface area contributed by atoms with Crippen LogP contribution < -0.4 is 5.73 Å². The molecule has 2 rings (SSSR count). The van der Waals surface area contributed by atoms with E-state index < -0.39 is 0 Å². The summed E-state index contributed by atoms with van der Waals surface area (Å²) in [4.78, 5) is 6.66. The molecule has 16 heavy (non-hydrogen) atoms. The minimum Gasteiger partial charge on any atom is -0.375 e. The lowest BCUT2D eigenvalue weighted by Crippen LogP contribution is -2.48. The van der Waals surface area contributed by atoms with Crippen LogP contribution in [0.2, 0.25) is 0 Å². The Morgan fingerprint density at radius 3 is 2.94 bits per heavy atom. The Morgan fingerprint density at radius 1 is 1.62 bits per heavy atom. The fourth-order valence-electron chi connectivity index (χ4n) is 1.92. The average Bonchev–Trinajstić information content (AvgIpc) is 3.07. The zero-order chi connectivity index (χ0) is 11.6. The number of ether oxygens (including phenoxy) is 1. The number of nitrogens with zero attached hydrogens (tertiary/aromatic N) is 2. The number of nitrogens with two attached hydrogens (primary N) is 1. The average molecular weight is 243 g/mol. The molecule has 1 saturated carbocycles. The van der Waals surface area contributed by atoms with E-state index >= 15 is 0 Å². The molecule has 2 aliphatic rings. The maximum Gasteiger partial charge on any atom is 0.191 e. The topological polar surface area (TPSA) is 50.8 Å². The Labute approximate surface area is 102 Å². The van der Waals surface area contributed by atoms with Gasteiger partial charge in [-0.2, -0.15) is 11.8 Å². The van der Waals surface area contributed by atoms with Gasteiger partial charge in [0.15, 0.2) is 5.96 Å². The van der Waals surface area contributed by atoms with Crippen molar-refractivity contribution in [1.82, 2.24) is 4.90 Å². The van der Waals surface area contributed by atoms with E-state index in [-0.39, 0.29) is 6.10 Å². The molecule has 0 amide bonds. The van der Waals surface area contributed by atoms with Crippen LogP contribution in [0.25, 0.3) is 0 Å². The van der Waals surface area contributed by atoms with Gasteiger partial charge >= 0.3 is 0 Å². The molecule has 1 saturated heterocycles. The molecular formula is C11H21N3OS. The molecular weight excluding hydrogens is 222 g/mol. The molecule has 92 valence electrons. The van der Waals surface area contributed by atoms with Crippen LogP contribution in [0.4, 0.5) is 0 Å². The van der Waals surface area contributed by atoms with Gasteiger partial charge in [0.05, 0.1) is 19.3 Å². The molecule has 5 heteroatoms. The SMILES string of the molecule is CSC1(CN=C(N)N2CCOC(C)C2)CC1. The van der Waals surface area contributed by atoms with Crippen molar-refractivity contribution in [2.45, 2.75) is 30.6 Å². The highest BCUT2D eigenvalue weighted by atomic mass is 32.2. The molecule has 0 spiro atoms. The Morgan fingerprint density at radius 2 is 2.38 bits per heavy atom. The van der Waals surface area contributed by atoms with E-state index in [4.69, 9.17) is 10.5 Å². The Bertz CT molecular complexity index is 278. The van der Waals surface area contributed by atoms with Gasteiger partial charge in [0.1, 0.15) is 0 Å². The summed E-state index contributed by atoms with van der Waals surface area (Å²) < 4.78 is 5.89. The number of hydrogen-bond acceptors (Lipinski definition) is 3. The molecule has 0 aromatic heterocycles. The quantitative estimate of drug-likeness (QED) is 0.591. The largest absolute Gasteiger partial charge is 0.375 e. The third-order valence-electron chi connectivity index (χ3n) is 3.33. The Balaban J connectivity index is 1.86. The van der Waals surface area contributed by atoms with Crippen molar-refractivity contribution in [2.24, 2.45) is 10.7 Å². The minimum atomic E-state index is 0.262. The number of guanidine groups is 1. The van der Waals surface area contributed by atoms with E-state index in [9.17, 15) is 0 Å². The number of thioether (sulfide) groups is 1. The molecule has 1 aliphatic heterocycles. The van der Waals surface area contributed by atoms with Crippen LogP contribution in [0.3, 0.4) is 0 Å². The summed E-state index contributed by atoms with van der Waals surface area (Å²) in [6.07, 6.45) is 4.99.